The average Bonchev–Trinajstić information content (AvgIpc) is 3.55. The van der Waals surface area contributed by atoms with Gasteiger partial charge in [-0.15, -0.1) is 0 Å². The number of carbonyl (C=O) groups excluding carboxylic acids is 1. The van der Waals surface area contributed by atoms with E-state index in [4.69, 9.17) is 0 Å². The van der Waals surface area contributed by atoms with Gasteiger partial charge in [-0.05, 0) is 38.0 Å². The van der Waals surface area contributed by atoms with E-state index in [-0.39, 0.29) is 25.6 Å². The highest BCUT2D eigenvalue weighted by Crippen LogP contribution is 2.29. The topological polar surface area (TPSA) is 125 Å². The molecule has 2 saturated heterocycles. The molecule has 0 aliphatic carbocycles. The van der Waals surface area contributed by atoms with Crippen LogP contribution in [-0.2, 0) is 11.3 Å². The van der Waals surface area contributed by atoms with Crippen molar-refractivity contribution in [2.75, 3.05) is 23.3 Å². The van der Waals surface area contributed by atoms with Crippen LogP contribution in [0.1, 0.15) is 37.4 Å². The van der Waals surface area contributed by atoms with Gasteiger partial charge in [-0.2, -0.15) is 10.1 Å². The number of nitrogens with one attached hydrogen (secondary N) is 4. The minimum Gasteiger partial charge on any atom is -0.353 e. The monoisotopic (exact) mass is 494 g/mol. The van der Waals surface area contributed by atoms with Gasteiger partial charge in [0.15, 0.2) is 11.5 Å². The lowest BCUT2D eigenvalue weighted by Gasteiger charge is -2.35. The maximum Gasteiger partial charge on any atom is 0.258 e. The highest BCUT2D eigenvalue weighted by Gasteiger charge is 2.42. The molecule has 2 fully saturated rings. The molecule has 190 valence electrons. The molecule has 5 heterocycles. The van der Waals surface area contributed by atoms with E-state index in [0.29, 0.717) is 36.7 Å². The van der Waals surface area contributed by atoms with Crippen LogP contribution in [0.3, 0.4) is 0 Å². The first-order chi connectivity index (χ1) is 17.4. The zero-order valence-electron chi connectivity index (χ0n) is 20.4. The fourth-order valence-corrected chi connectivity index (χ4v) is 4.45. The Morgan fingerprint density at radius 1 is 1.25 bits per heavy atom. The maximum atomic E-state index is 15.5. The first-order valence-electron chi connectivity index (χ1n) is 12.2. The number of anilines is 2. The summed E-state index contributed by atoms with van der Waals surface area (Å²) in [6.45, 7) is 4.93. The molecule has 3 aromatic rings. The number of rotatable bonds is 7. The van der Waals surface area contributed by atoms with Crippen LogP contribution < -0.4 is 26.4 Å². The van der Waals surface area contributed by atoms with Crippen LogP contribution in [0.25, 0.3) is 5.82 Å². The third-order valence-corrected chi connectivity index (χ3v) is 6.50. The van der Waals surface area contributed by atoms with E-state index in [1.807, 2.05) is 36.1 Å². The molecule has 0 spiro atoms. The van der Waals surface area contributed by atoms with Crippen LogP contribution >= 0.6 is 0 Å². The standard InChI is InChI=1S/C24H31FN10O/c1-16-12-19(30-20-13-17(2)32-33-20)31-23(29-16)34-10-6-24(25,7-11-34)22(36)27-15-18-4-5-21(26-14-18)35-9-3-8-28-35/h3-5,8-9,12,14,17,20,32-33H,6-7,10-11,13,15H2,1-2H3,(H,27,36)(H,29,30,31). The van der Waals surface area contributed by atoms with E-state index in [0.717, 1.165) is 17.7 Å². The number of aromatic nitrogens is 5. The molecule has 2 aliphatic heterocycles. The minimum absolute atomic E-state index is 0.0704. The van der Waals surface area contributed by atoms with Gasteiger partial charge in [0, 0.05) is 68.9 Å². The fraction of sp³-hybridized carbons (Fsp3) is 0.458. The zero-order chi connectivity index (χ0) is 25.1. The molecule has 1 amide bonds. The van der Waals surface area contributed by atoms with Gasteiger partial charge in [-0.3, -0.25) is 10.2 Å². The van der Waals surface area contributed by atoms with Gasteiger partial charge >= 0.3 is 0 Å². The van der Waals surface area contributed by atoms with Crippen LogP contribution in [0.5, 0.6) is 0 Å². The molecule has 11 nitrogen and oxygen atoms in total. The van der Waals surface area contributed by atoms with Gasteiger partial charge < -0.3 is 15.5 Å². The van der Waals surface area contributed by atoms with Crippen LogP contribution in [0.15, 0.2) is 42.9 Å². The quantitative estimate of drug-likeness (QED) is 0.388. The number of hydrazine groups is 1. The number of amides is 1. The number of aryl methyl sites for hydroxylation is 1. The molecule has 2 aliphatic rings. The van der Waals surface area contributed by atoms with Gasteiger partial charge in [-0.25, -0.2) is 24.5 Å². The summed E-state index contributed by atoms with van der Waals surface area (Å²) in [4.78, 5) is 28.2. The van der Waals surface area contributed by atoms with E-state index in [1.165, 1.54) is 0 Å². The molecule has 12 heteroatoms. The Morgan fingerprint density at radius 3 is 2.75 bits per heavy atom. The maximum absolute atomic E-state index is 15.5. The molecule has 0 saturated carbocycles. The Bertz CT molecular complexity index is 1180. The van der Waals surface area contributed by atoms with Crippen molar-refractivity contribution < 1.29 is 9.18 Å². The Hall–Kier alpha value is -3.64. The summed E-state index contributed by atoms with van der Waals surface area (Å²) in [5, 5.41) is 10.2. The molecule has 5 rings (SSSR count). The lowest BCUT2D eigenvalue weighted by Crippen LogP contribution is -2.51. The molecular weight excluding hydrogens is 463 g/mol. The normalized spacial score (nSPS) is 21.4. The number of pyridine rings is 1. The molecule has 0 radical (unpaired) electrons. The van der Waals surface area contributed by atoms with E-state index in [9.17, 15) is 4.79 Å². The minimum atomic E-state index is -1.93. The van der Waals surface area contributed by atoms with Crippen LogP contribution in [0.2, 0.25) is 0 Å². The van der Waals surface area contributed by atoms with Crippen molar-refractivity contribution in [3.8, 4) is 5.82 Å². The first kappa shape index (κ1) is 24.1. The number of nitrogens with zero attached hydrogens (tertiary/aromatic N) is 6. The Labute approximate surface area is 208 Å². The molecule has 4 N–H and O–H groups in total. The highest BCUT2D eigenvalue weighted by atomic mass is 19.1. The summed E-state index contributed by atoms with van der Waals surface area (Å²) < 4.78 is 17.2. The van der Waals surface area contributed by atoms with E-state index in [2.05, 4.69) is 48.5 Å². The number of alkyl halides is 1. The largest absolute Gasteiger partial charge is 0.353 e. The van der Waals surface area contributed by atoms with Crippen LogP contribution in [0, 0.1) is 6.92 Å². The number of carbonyl (C=O) groups is 1. The molecule has 3 aromatic heterocycles. The summed E-state index contributed by atoms with van der Waals surface area (Å²) in [5.41, 5.74) is 6.05. The third-order valence-electron chi connectivity index (χ3n) is 6.50. The second kappa shape index (κ2) is 10.2. The molecule has 2 unspecified atom stereocenters. The van der Waals surface area contributed by atoms with Crippen molar-refractivity contribution in [2.45, 2.75) is 57.5 Å². The Morgan fingerprint density at radius 2 is 2.08 bits per heavy atom. The molecule has 36 heavy (non-hydrogen) atoms. The van der Waals surface area contributed by atoms with Gasteiger partial charge in [0.1, 0.15) is 5.82 Å². The predicted octanol–water partition coefficient (Wildman–Crippen LogP) is 1.62. The average molecular weight is 495 g/mol. The van der Waals surface area contributed by atoms with E-state index < -0.39 is 11.6 Å². The first-order valence-corrected chi connectivity index (χ1v) is 12.2. The number of hydrogen-bond acceptors (Lipinski definition) is 9. The number of halogens is 1. The van der Waals surface area contributed by atoms with E-state index in [1.54, 1.807) is 23.3 Å². The van der Waals surface area contributed by atoms with Crippen molar-refractivity contribution in [1.29, 1.82) is 0 Å². The van der Waals surface area contributed by atoms with Crippen molar-refractivity contribution in [2.24, 2.45) is 0 Å². The second-order valence-electron chi connectivity index (χ2n) is 9.43. The number of hydrogen-bond donors (Lipinski definition) is 4. The predicted molar refractivity (Wildman–Crippen MR) is 133 cm³/mol. The highest BCUT2D eigenvalue weighted by molar-refractivity contribution is 5.85. The Balaban J connectivity index is 1.15. The van der Waals surface area contributed by atoms with Gasteiger partial charge in [0.05, 0.1) is 6.17 Å². The summed E-state index contributed by atoms with van der Waals surface area (Å²) in [6, 6.07) is 7.73. The summed E-state index contributed by atoms with van der Waals surface area (Å²) in [7, 11) is 0. The van der Waals surface area contributed by atoms with E-state index >= 15 is 4.39 Å². The van der Waals surface area contributed by atoms with Crippen molar-refractivity contribution in [3.05, 3.63) is 54.1 Å². The summed E-state index contributed by atoms with van der Waals surface area (Å²) in [6.07, 6.45) is 6.27. The summed E-state index contributed by atoms with van der Waals surface area (Å²) >= 11 is 0. The number of piperidine rings is 1. The Kier molecular flexibility index (Phi) is 6.79. The zero-order valence-corrected chi connectivity index (χ0v) is 20.4. The SMILES string of the molecule is Cc1cc(NC2CC(C)NN2)nc(N2CCC(F)(C(=O)NCc3ccc(-n4cccn4)nc3)CC2)n1. The van der Waals surface area contributed by atoms with Gasteiger partial charge in [0.25, 0.3) is 5.91 Å². The third kappa shape index (κ3) is 5.44. The van der Waals surface area contributed by atoms with Gasteiger partial charge in [0.2, 0.25) is 5.95 Å². The van der Waals surface area contributed by atoms with Crippen molar-refractivity contribution in [3.63, 3.8) is 0 Å². The molecular formula is C24H31FN10O. The van der Waals surface area contributed by atoms with Gasteiger partial charge in [-0.1, -0.05) is 6.07 Å². The lowest BCUT2D eigenvalue weighted by molar-refractivity contribution is -0.134. The van der Waals surface area contributed by atoms with Crippen LogP contribution in [0.4, 0.5) is 16.2 Å². The van der Waals surface area contributed by atoms with Crippen LogP contribution in [-0.4, -0.2) is 61.6 Å². The van der Waals surface area contributed by atoms with Crippen molar-refractivity contribution in [1.82, 2.24) is 40.9 Å². The summed E-state index contributed by atoms with van der Waals surface area (Å²) in [5.74, 6) is 1.34. The molecule has 2 atom stereocenters. The second-order valence-corrected chi connectivity index (χ2v) is 9.43. The molecule has 0 bridgehead atoms. The fourth-order valence-electron chi connectivity index (χ4n) is 4.45. The lowest BCUT2D eigenvalue weighted by atomic mass is 9.92. The molecule has 0 aromatic carbocycles. The van der Waals surface area contributed by atoms with Crippen molar-refractivity contribution >= 4 is 17.7 Å². The smallest absolute Gasteiger partial charge is 0.258 e.